The minimum Gasteiger partial charge on any atom is -0.385 e. The molecule has 1 N–H and O–H groups in total. The Morgan fingerprint density at radius 2 is 2.13 bits per heavy atom. The minimum atomic E-state index is -0.484. The molecule has 0 spiro atoms. The molecule has 0 saturated carbocycles. The lowest BCUT2D eigenvalue weighted by atomic mass is 9.90. The van der Waals surface area contributed by atoms with E-state index in [9.17, 15) is 5.11 Å². The van der Waals surface area contributed by atoms with Gasteiger partial charge in [-0.1, -0.05) is 6.92 Å². The Kier molecular flexibility index (Phi) is 5.02. The highest BCUT2D eigenvalue weighted by atomic mass is 16.3. The van der Waals surface area contributed by atoms with Crippen molar-refractivity contribution in [1.82, 2.24) is 34.7 Å². The Bertz CT molecular complexity index is 615. The van der Waals surface area contributed by atoms with E-state index in [1.165, 1.54) is 0 Å². The van der Waals surface area contributed by atoms with Crippen molar-refractivity contribution in [3.63, 3.8) is 0 Å². The van der Waals surface area contributed by atoms with Crippen molar-refractivity contribution in [3.05, 3.63) is 24.0 Å². The summed E-state index contributed by atoms with van der Waals surface area (Å²) in [6.45, 7) is 5.65. The third-order valence-corrected chi connectivity index (χ3v) is 4.61. The van der Waals surface area contributed by atoms with Crippen LogP contribution in [0.1, 0.15) is 43.9 Å². The van der Waals surface area contributed by atoms with E-state index in [1.54, 1.807) is 6.20 Å². The number of aryl methyl sites for hydroxylation is 2. The molecule has 2 aromatic heterocycles. The molecule has 1 saturated heterocycles. The van der Waals surface area contributed by atoms with Crippen molar-refractivity contribution >= 4 is 0 Å². The van der Waals surface area contributed by atoms with Crippen LogP contribution in [0, 0.1) is 5.92 Å². The first-order valence-electron chi connectivity index (χ1n) is 8.31. The van der Waals surface area contributed by atoms with Crippen LogP contribution in [0.4, 0.5) is 0 Å². The van der Waals surface area contributed by atoms with Gasteiger partial charge in [-0.05, 0) is 48.7 Å². The lowest BCUT2D eigenvalue weighted by molar-refractivity contribution is 0.0482. The Morgan fingerprint density at radius 3 is 2.78 bits per heavy atom. The molecule has 0 radical (unpaired) electrons. The third kappa shape index (κ3) is 3.59. The van der Waals surface area contributed by atoms with Crippen LogP contribution in [-0.4, -0.2) is 52.9 Å². The predicted octanol–water partition coefficient (Wildman–Crippen LogP) is 0.762. The van der Waals surface area contributed by atoms with Crippen LogP contribution in [-0.2, 0) is 20.1 Å². The van der Waals surface area contributed by atoms with Crippen LogP contribution in [0.3, 0.4) is 0 Å². The maximum absolute atomic E-state index is 10.5. The summed E-state index contributed by atoms with van der Waals surface area (Å²) in [5.41, 5.74) is 0. The fourth-order valence-corrected chi connectivity index (χ4v) is 3.22. The second kappa shape index (κ2) is 7.18. The number of hydrogen-bond acceptors (Lipinski definition) is 6. The molecule has 3 heterocycles. The van der Waals surface area contributed by atoms with E-state index < -0.39 is 6.10 Å². The molecule has 0 aromatic carbocycles. The van der Waals surface area contributed by atoms with Crippen LogP contribution in [0.5, 0.6) is 0 Å². The zero-order valence-corrected chi connectivity index (χ0v) is 13.8. The fourth-order valence-electron chi connectivity index (χ4n) is 3.22. The van der Waals surface area contributed by atoms with Gasteiger partial charge < -0.3 is 9.67 Å². The zero-order valence-electron chi connectivity index (χ0n) is 13.8. The normalized spacial score (nSPS) is 18.4. The topological polar surface area (TPSA) is 84.9 Å². The van der Waals surface area contributed by atoms with Crippen molar-refractivity contribution in [3.8, 4) is 0 Å². The van der Waals surface area contributed by atoms with Gasteiger partial charge in [-0.3, -0.25) is 4.90 Å². The molecule has 0 aliphatic carbocycles. The van der Waals surface area contributed by atoms with E-state index in [2.05, 4.69) is 32.3 Å². The van der Waals surface area contributed by atoms with Gasteiger partial charge >= 0.3 is 0 Å². The van der Waals surface area contributed by atoms with Gasteiger partial charge in [0.25, 0.3) is 0 Å². The Morgan fingerprint density at radius 1 is 1.35 bits per heavy atom. The summed E-state index contributed by atoms with van der Waals surface area (Å²) in [6.07, 6.45) is 6.08. The van der Waals surface area contributed by atoms with E-state index in [1.807, 2.05) is 22.5 Å². The molecule has 0 amide bonds. The number of piperidine rings is 1. The fraction of sp³-hybridized carbons (Fsp3) is 0.733. The average Bonchev–Trinajstić information content (AvgIpc) is 3.17. The Labute approximate surface area is 136 Å². The van der Waals surface area contributed by atoms with Gasteiger partial charge in [-0.2, -0.15) is 0 Å². The molecule has 3 rings (SSSR count). The van der Waals surface area contributed by atoms with E-state index in [0.29, 0.717) is 0 Å². The molecule has 1 fully saturated rings. The number of aromatic nitrogens is 6. The summed E-state index contributed by atoms with van der Waals surface area (Å²) < 4.78 is 3.78. The van der Waals surface area contributed by atoms with Gasteiger partial charge in [0.05, 0.1) is 6.54 Å². The van der Waals surface area contributed by atoms with Crippen molar-refractivity contribution in [2.24, 2.45) is 13.0 Å². The van der Waals surface area contributed by atoms with E-state index in [0.717, 1.165) is 57.1 Å². The predicted molar refractivity (Wildman–Crippen MR) is 84.3 cm³/mol. The molecular weight excluding hydrogens is 294 g/mol. The van der Waals surface area contributed by atoms with Gasteiger partial charge in [0.1, 0.15) is 11.9 Å². The van der Waals surface area contributed by atoms with Crippen LogP contribution < -0.4 is 0 Å². The minimum absolute atomic E-state index is 0.263. The molecular formula is C15H25N7O. The van der Waals surface area contributed by atoms with Gasteiger partial charge in [0.15, 0.2) is 5.82 Å². The van der Waals surface area contributed by atoms with E-state index in [4.69, 9.17) is 0 Å². The van der Waals surface area contributed by atoms with E-state index in [-0.39, 0.29) is 5.92 Å². The Hall–Kier alpha value is -1.80. The first kappa shape index (κ1) is 16.1. The molecule has 1 unspecified atom stereocenters. The summed E-state index contributed by atoms with van der Waals surface area (Å²) in [5.74, 6) is 1.95. The molecule has 2 aromatic rings. The number of tetrazole rings is 1. The highest BCUT2D eigenvalue weighted by Gasteiger charge is 2.28. The van der Waals surface area contributed by atoms with Crippen LogP contribution in [0.25, 0.3) is 0 Å². The third-order valence-electron chi connectivity index (χ3n) is 4.61. The second-order valence-corrected chi connectivity index (χ2v) is 6.27. The average molecular weight is 319 g/mol. The SMILES string of the molecule is CCCn1nnnc1CN1CCC(C(O)c2nccn2C)CC1. The van der Waals surface area contributed by atoms with Gasteiger partial charge in [-0.15, -0.1) is 5.10 Å². The monoisotopic (exact) mass is 319 g/mol. The quantitative estimate of drug-likeness (QED) is 0.846. The molecule has 126 valence electrons. The summed E-state index contributed by atoms with van der Waals surface area (Å²) in [6, 6.07) is 0. The summed E-state index contributed by atoms with van der Waals surface area (Å²) in [4.78, 5) is 6.63. The Balaban J connectivity index is 1.54. The molecule has 8 nitrogen and oxygen atoms in total. The molecule has 1 aliphatic heterocycles. The van der Waals surface area contributed by atoms with Crippen molar-refractivity contribution in [1.29, 1.82) is 0 Å². The molecule has 0 bridgehead atoms. The lowest BCUT2D eigenvalue weighted by Crippen LogP contribution is -2.36. The number of rotatable bonds is 6. The smallest absolute Gasteiger partial charge is 0.165 e. The number of likely N-dealkylation sites (tertiary alicyclic amines) is 1. The number of nitrogens with zero attached hydrogens (tertiary/aromatic N) is 7. The standard InChI is InChI=1S/C15H25N7O/c1-3-7-22-13(17-18-19-22)11-21-8-4-12(5-9-21)14(23)15-16-6-10-20(15)2/h6,10,12,14,23H,3-5,7-9,11H2,1-2H3. The summed E-state index contributed by atoms with van der Waals surface area (Å²) >= 11 is 0. The lowest BCUT2D eigenvalue weighted by Gasteiger charge is -2.33. The number of aliphatic hydroxyl groups is 1. The van der Waals surface area contributed by atoms with Crippen LogP contribution in [0.15, 0.2) is 12.4 Å². The largest absolute Gasteiger partial charge is 0.385 e. The van der Waals surface area contributed by atoms with E-state index >= 15 is 0 Å². The highest BCUT2D eigenvalue weighted by molar-refractivity contribution is 4.98. The summed E-state index contributed by atoms with van der Waals surface area (Å²) in [7, 11) is 1.92. The summed E-state index contributed by atoms with van der Waals surface area (Å²) in [5, 5.41) is 22.5. The van der Waals surface area contributed by atoms with Crippen molar-refractivity contribution in [2.75, 3.05) is 13.1 Å². The number of hydrogen-bond donors (Lipinski definition) is 1. The molecule has 8 heteroatoms. The highest BCUT2D eigenvalue weighted by Crippen LogP contribution is 2.30. The van der Waals surface area contributed by atoms with Gasteiger partial charge in [0.2, 0.25) is 0 Å². The molecule has 1 aliphatic rings. The van der Waals surface area contributed by atoms with Crippen LogP contribution >= 0.6 is 0 Å². The second-order valence-electron chi connectivity index (χ2n) is 6.27. The molecule has 23 heavy (non-hydrogen) atoms. The first-order valence-corrected chi connectivity index (χ1v) is 8.31. The maximum Gasteiger partial charge on any atom is 0.165 e. The van der Waals surface area contributed by atoms with Crippen molar-refractivity contribution in [2.45, 2.75) is 45.4 Å². The van der Waals surface area contributed by atoms with Gasteiger partial charge in [0, 0.05) is 26.0 Å². The molecule has 1 atom stereocenters. The van der Waals surface area contributed by atoms with Gasteiger partial charge in [-0.25, -0.2) is 9.67 Å². The van der Waals surface area contributed by atoms with Crippen molar-refractivity contribution < 1.29 is 5.11 Å². The zero-order chi connectivity index (χ0) is 16.2. The first-order chi connectivity index (χ1) is 11.2. The van der Waals surface area contributed by atoms with Crippen LogP contribution in [0.2, 0.25) is 0 Å². The number of imidazole rings is 1. The maximum atomic E-state index is 10.5. The number of aliphatic hydroxyl groups excluding tert-OH is 1.